The van der Waals surface area contributed by atoms with E-state index >= 15 is 0 Å². The van der Waals surface area contributed by atoms with Gasteiger partial charge in [-0.25, -0.2) is 8.78 Å². The second kappa shape index (κ2) is 3.46. The van der Waals surface area contributed by atoms with Crippen molar-refractivity contribution in [3.8, 4) is 0 Å². The third-order valence-electron chi connectivity index (χ3n) is 1.49. The molecule has 0 aliphatic heterocycles. The van der Waals surface area contributed by atoms with Gasteiger partial charge in [0.1, 0.15) is 11.6 Å². The van der Waals surface area contributed by atoms with Crippen molar-refractivity contribution < 1.29 is 8.78 Å². The highest BCUT2D eigenvalue weighted by atomic mass is 19.1. The van der Waals surface area contributed by atoms with Crippen LogP contribution in [0.25, 0.3) is 0 Å². The van der Waals surface area contributed by atoms with Crippen LogP contribution in [0.5, 0.6) is 0 Å². The maximum Gasteiger partial charge on any atom is 0.137 e. The van der Waals surface area contributed by atoms with E-state index in [2.05, 4.69) is 6.07 Å². The summed E-state index contributed by atoms with van der Waals surface area (Å²) in [5.74, 6) is -1.03. The minimum Gasteiger partial charge on any atom is -0.207 e. The molecular weight excluding hydrogens is 146 g/mol. The van der Waals surface area contributed by atoms with E-state index in [1.54, 1.807) is 0 Å². The summed E-state index contributed by atoms with van der Waals surface area (Å²) in [4.78, 5) is 0. The van der Waals surface area contributed by atoms with Gasteiger partial charge in [0.2, 0.25) is 0 Å². The van der Waals surface area contributed by atoms with Gasteiger partial charge in [-0.05, 0) is 18.6 Å². The average molecular weight is 155 g/mol. The first-order valence-corrected chi connectivity index (χ1v) is 3.60. The summed E-state index contributed by atoms with van der Waals surface area (Å²) in [5.41, 5.74) is 0.148. The van der Waals surface area contributed by atoms with Gasteiger partial charge in [0.15, 0.2) is 0 Å². The SMILES string of the molecule is CCCc1c(F)[c]ccc1F. The quantitative estimate of drug-likeness (QED) is 0.616. The number of rotatable bonds is 2. The zero-order valence-electron chi connectivity index (χ0n) is 6.32. The molecule has 0 spiro atoms. The van der Waals surface area contributed by atoms with Gasteiger partial charge in [0.05, 0.1) is 0 Å². The van der Waals surface area contributed by atoms with Crippen LogP contribution in [0.3, 0.4) is 0 Å². The largest absolute Gasteiger partial charge is 0.207 e. The normalized spacial score (nSPS) is 10.1. The maximum absolute atomic E-state index is 12.8. The van der Waals surface area contributed by atoms with Crippen molar-refractivity contribution in [1.82, 2.24) is 0 Å². The zero-order valence-corrected chi connectivity index (χ0v) is 6.32. The van der Waals surface area contributed by atoms with Crippen LogP contribution >= 0.6 is 0 Å². The molecule has 11 heavy (non-hydrogen) atoms. The van der Waals surface area contributed by atoms with E-state index in [9.17, 15) is 8.78 Å². The molecule has 0 aliphatic carbocycles. The standard InChI is InChI=1S/C9H9F2/c1-2-4-7-8(10)5-3-6-9(7)11/h3,5H,2,4H2,1H3. The van der Waals surface area contributed by atoms with Crippen LogP contribution in [0.2, 0.25) is 0 Å². The Bertz CT molecular complexity index is 223. The van der Waals surface area contributed by atoms with Crippen molar-refractivity contribution in [3.05, 3.63) is 35.4 Å². The monoisotopic (exact) mass is 155 g/mol. The van der Waals surface area contributed by atoms with Crippen LogP contribution in [-0.4, -0.2) is 0 Å². The average Bonchev–Trinajstić information content (AvgIpc) is 1.97. The first kappa shape index (κ1) is 8.18. The summed E-state index contributed by atoms with van der Waals surface area (Å²) in [5, 5.41) is 0. The molecule has 0 aliphatic rings. The molecule has 0 amide bonds. The van der Waals surface area contributed by atoms with E-state index in [0.29, 0.717) is 6.42 Å². The Balaban J connectivity index is 3.00. The van der Waals surface area contributed by atoms with E-state index in [-0.39, 0.29) is 5.56 Å². The first-order chi connectivity index (χ1) is 5.25. The van der Waals surface area contributed by atoms with Gasteiger partial charge in [-0.2, -0.15) is 0 Å². The molecule has 0 unspecified atom stereocenters. The molecule has 1 rings (SSSR count). The molecule has 0 aromatic heterocycles. The highest BCUT2D eigenvalue weighted by molar-refractivity contribution is 5.18. The molecule has 1 aromatic carbocycles. The minimum atomic E-state index is -0.563. The fourth-order valence-corrected chi connectivity index (χ4v) is 0.960. The van der Waals surface area contributed by atoms with E-state index in [4.69, 9.17) is 0 Å². The molecule has 0 heterocycles. The van der Waals surface area contributed by atoms with Gasteiger partial charge in [0, 0.05) is 11.6 Å². The molecule has 0 saturated carbocycles. The summed E-state index contributed by atoms with van der Waals surface area (Å²) in [6.07, 6.45) is 1.18. The fourth-order valence-electron chi connectivity index (χ4n) is 0.960. The second-order valence-corrected chi connectivity index (χ2v) is 2.37. The van der Waals surface area contributed by atoms with Crippen molar-refractivity contribution in [2.24, 2.45) is 0 Å². The fraction of sp³-hybridized carbons (Fsp3) is 0.333. The predicted octanol–water partition coefficient (Wildman–Crippen LogP) is 2.72. The minimum absolute atomic E-state index is 0.148. The molecule has 1 aromatic rings. The third-order valence-corrected chi connectivity index (χ3v) is 1.49. The Morgan fingerprint density at radius 3 is 2.73 bits per heavy atom. The maximum atomic E-state index is 12.8. The molecule has 2 heteroatoms. The highest BCUT2D eigenvalue weighted by Crippen LogP contribution is 2.12. The van der Waals surface area contributed by atoms with Gasteiger partial charge in [-0.1, -0.05) is 13.3 Å². The predicted molar refractivity (Wildman–Crippen MR) is 39.2 cm³/mol. The topological polar surface area (TPSA) is 0 Å². The lowest BCUT2D eigenvalue weighted by molar-refractivity contribution is 0.551. The summed E-state index contributed by atoms with van der Waals surface area (Å²) < 4.78 is 25.5. The molecular formula is C9H9F2. The summed E-state index contributed by atoms with van der Waals surface area (Å²) in [6.45, 7) is 1.88. The number of hydrogen-bond donors (Lipinski definition) is 0. The van der Waals surface area contributed by atoms with Crippen LogP contribution in [-0.2, 0) is 6.42 Å². The molecule has 0 bridgehead atoms. The van der Waals surface area contributed by atoms with Gasteiger partial charge in [-0.3, -0.25) is 0 Å². The molecule has 0 nitrogen and oxygen atoms in total. The lowest BCUT2D eigenvalue weighted by Gasteiger charge is -2.00. The van der Waals surface area contributed by atoms with Crippen molar-refractivity contribution in [2.75, 3.05) is 0 Å². The van der Waals surface area contributed by atoms with E-state index in [1.807, 2.05) is 6.92 Å². The lowest BCUT2D eigenvalue weighted by Crippen LogP contribution is -1.94. The Labute approximate surface area is 64.9 Å². The molecule has 0 N–H and O–H groups in total. The third kappa shape index (κ3) is 1.76. The Morgan fingerprint density at radius 2 is 2.18 bits per heavy atom. The Morgan fingerprint density at radius 1 is 1.45 bits per heavy atom. The van der Waals surface area contributed by atoms with Crippen molar-refractivity contribution in [2.45, 2.75) is 19.8 Å². The van der Waals surface area contributed by atoms with E-state index < -0.39 is 11.6 Å². The van der Waals surface area contributed by atoms with Crippen molar-refractivity contribution in [3.63, 3.8) is 0 Å². The summed E-state index contributed by atoms with van der Waals surface area (Å²) >= 11 is 0. The molecule has 1 radical (unpaired) electrons. The van der Waals surface area contributed by atoms with Gasteiger partial charge >= 0.3 is 0 Å². The van der Waals surface area contributed by atoms with E-state index in [1.165, 1.54) is 12.1 Å². The van der Waals surface area contributed by atoms with Crippen LogP contribution < -0.4 is 0 Å². The van der Waals surface area contributed by atoms with Crippen molar-refractivity contribution >= 4 is 0 Å². The summed E-state index contributed by atoms with van der Waals surface area (Å²) in [6, 6.07) is 4.80. The van der Waals surface area contributed by atoms with Gasteiger partial charge in [0.25, 0.3) is 0 Å². The molecule has 59 valence electrons. The number of benzene rings is 1. The Kier molecular flexibility index (Phi) is 2.58. The van der Waals surface area contributed by atoms with Crippen LogP contribution in [0.4, 0.5) is 8.78 Å². The Hall–Kier alpha value is -0.920. The van der Waals surface area contributed by atoms with Gasteiger partial charge < -0.3 is 0 Å². The molecule has 0 fully saturated rings. The summed E-state index contributed by atoms with van der Waals surface area (Å²) in [7, 11) is 0. The van der Waals surface area contributed by atoms with Gasteiger partial charge in [-0.15, -0.1) is 0 Å². The first-order valence-electron chi connectivity index (χ1n) is 3.60. The number of halogens is 2. The van der Waals surface area contributed by atoms with Crippen molar-refractivity contribution in [1.29, 1.82) is 0 Å². The molecule has 0 atom stereocenters. The van der Waals surface area contributed by atoms with Crippen LogP contribution in [0, 0.1) is 17.7 Å². The van der Waals surface area contributed by atoms with Crippen LogP contribution in [0.1, 0.15) is 18.9 Å². The smallest absolute Gasteiger partial charge is 0.137 e. The van der Waals surface area contributed by atoms with Crippen LogP contribution in [0.15, 0.2) is 12.1 Å². The van der Waals surface area contributed by atoms with E-state index in [0.717, 1.165) is 6.42 Å². The zero-order chi connectivity index (χ0) is 8.27. The number of hydrogen-bond acceptors (Lipinski definition) is 0. The lowest BCUT2D eigenvalue weighted by atomic mass is 10.1. The highest BCUT2D eigenvalue weighted by Gasteiger charge is 2.05. The molecule has 0 saturated heterocycles. The second-order valence-electron chi connectivity index (χ2n) is 2.37.